The molecule has 3 heteroatoms. The molecule has 2 aromatic carbocycles. The van der Waals surface area contributed by atoms with Crippen LogP contribution < -0.4 is 5.32 Å². The van der Waals surface area contributed by atoms with Crippen LogP contribution in [0.25, 0.3) is 6.08 Å². The summed E-state index contributed by atoms with van der Waals surface area (Å²) in [4.78, 5) is 11.8. The van der Waals surface area contributed by atoms with Crippen molar-refractivity contribution in [2.75, 3.05) is 5.32 Å². The van der Waals surface area contributed by atoms with E-state index in [9.17, 15) is 4.79 Å². The minimum absolute atomic E-state index is 0.157. The number of nitrogens with one attached hydrogen (secondary N) is 1. The number of alkyl halides is 1. The molecule has 2 aromatic rings. The third-order valence-corrected chi connectivity index (χ3v) is 2.88. The lowest BCUT2D eigenvalue weighted by Gasteiger charge is -2.03. The largest absolute Gasteiger partial charge is 0.323 e. The third kappa shape index (κ3) is 4.27. The van der Waals surface area contributed by atoms with Crippen molar-refractivity contribution in [3.05, 3.63) is 71.8 Å². The molecule has 96 valence electrons. The highest BCUT2D eigenvalue weighted by Crippen LogP contribution is 2.12. The number of carbonyl (C=O) groups is 1. The van der Waals surface area contributed by atoms with E-state index in [2.05, 4.69) is 5.32 Å². The van der Waals surface area contributed by atoms with Gasteiger partial charge in [-0.25, -0.2) is 0 Å². The third-order valence-electron chi connectivity index (χ3n) is 2.58. The summed E-state index contributed by atoms with van der Waals surface area (Å²) in [6.45, 7) is 0. The zero-order valence-electron chi connectivity index (χ0n) is 10.3. The number of hydrogen-bond acceptors (Lipinski definition) is 1. The molecule has 0 fully saturated rings. The summed E-state index contributed by atoms with van der Waals surface area (Å²) < 4.78 is 0. The highest BCUT2D eigenvalue weighted by molar-refractivity contribution is 6.17. The molecule has 0 unspecified atom stereocenters. The fourth-order valence-corrected chi connectivity index (χ4v) is 1.82. The zero-order chi connectivity index (χ0) is 13.5. The van der Waals surface area contributed by atoms with E-state index in [1.807, 2.05) is 54.6 Å². The molecule has 19 heavy (non-hydrogen) atoms. The summed E-state index contributed by atoms with van der Waals surface area (Å²) in [5.41, 5.74) is 2.72. The van der Waals surface area contributed by atoms with Crippen molar-refractivity contribution in [3.63, 3.8) is 0 Å². The molecule has 0 bridgehead atoms. The Kier molecular flexibility index (Phi) is 4.76. The Bertz CT molecular complexity index is 578. The van der Waals surface area contributed by atoms with E-state index in [1.54, 1.807) is 6.08 Å². The smallest absolute Gasteiger partial charge is 0.248 e. The van der Waals surface area contributed by atoms with Crippen molar-refractivity contribution in [1.82, 2.24) is 0 Å². The van der Waals surface area contributed by atoms with Crippen molar-refractivity contribution < 1.29 is 4.79 Å². The van der Waals surface area contributed by atoms with Gasteiger partial charge >= 0.3 is 0 Å². The first-order valence-electron chi connectivity index (χ1n) is 5.97. The van der Waals surface area contributed by atoms with Crippen LogP contribution in [0.4, 0.5) is 5.69 Å². The van der Waals surface area contributed by atoms with Crippen molar-refractivity contribution in [2.45, 2.75) is 5.88 Å². The second-order valence-corrected chi connectivity index (χ2v) is 4.33. The van der Waals surface area contributed by atoms with Crippen LogP contribution in [0.2, 0.25) is 0 Å². The molecule has 0 aliphatic carbocycles. The maximum atomic E-state index is 11.8. The molecule has 2 nitrogen and oxygen atoms in total. The topological polar surface area (TPSA) is 29.1 Å². The van der Waals surface area contributed by atoms with E-state index in [0.717, 1.165) is 16.8 Å². The molecule has 0 heterocycles. The van der Waals surface area contributed by atoms with E-state index in [-0.39, 0.29) is 5.91 Å². The Morgan fingerprint density at radius 3 is 2.63 bits per heavy atom. The van der Waals surface area contributed by atoms with Gasteiger partial charge in [0.05, 0.1) is 0 Å². The monoisotopic (exact) mass is 271 g/mol. The highest BCUT2D eigenvalue weighted by atomic mass is 35.5. The first kappa shape index (κ1) is 13.4. The predicted octanol–water partition coefficient (Wildman–Crippen LogP) is 4.08. The van der Waals surface area contributed by atoms with Gasteiger partial charge in [-0.2, -0.15) is 0 Å². The summed E-state index contributed by atoms with van der Waals surface area (Å²) in [6, 6.07) is 17.2. The minimum Gasteiger partial charge on any atom is -0.323 e. The molecular weight excluding hydrogens is 258 g/mol. The van der Waals surface area contributed by atoms with Crippen molar-refractivity contribution >= 4 is 29.3 Å². The Hall–Kier alpha value is -2.06. The van der Waals surface area contributed by atoms with Gasteiger partial charge in [0.1, 0.15) is 0 Å². The Balaban J connectivity index is 1.99. The predicted molar refractivity (Wildman–Crippen MR) is 80.1 cm³/mol. The number of benzene rings is 2. The van der Waals surface area contributed by atoms with Gasteiger partial charge in [-0.05, 0) is 29.3 Å². The van der Waals surface area contributed by atoms with Gasteiger partial charge in [0.2, 0.25) is 5.91 Å². The van der Waals surface area contributed by atoms with Crippen LogP contribution in [-0.4, -0.2) is 5.91 Å². The van der Waals surface area contributed by atoms with Gasteiger partial charge in [0.15, 0.2) is 0 Å². The number of rotatable bonds is 4. The summed E-state index contributed by atoms with van der Waals surface area (Å²) >= 11 is 5.75. The molecular formula is C16H14ClNO. The van der Waals surface area contributed by atoms with Crippen LogP contribution in [0.5, 0.6) is 0 Å². The summed E-state index contributed by atoms with van der Waals surface area (Å²) in [7, 11) is 0. The van der Waals surface area contributed by atoms with Gasteiger partial charge in [0, 0.05) is 17.6 Å². The number of amides is 1. The molecule has 0 spiro atoms. The number of hydrogen-bond donors (Lipinski definition) is 1. The van der Waals surface area contributed by atoms with Crippen LogP contribution in [0.1, 0.15) is 11.1 Å². The van der Waals surface area contributed by atoms with Crippen LogP contribution >= 0.6 is 11.6 Å². The lowest BCUT2D eigenvalue weighted by atomic mass is 10.2. The van der Waals surface area contributed by atoms with Gasteiger partial charge in [0.25, 0.3) is 0 Å². The van der Waals surface area contributed by atoms with E-state index in [4.69, 9.17) is 11.6 Å². The normalized spacial score (nSPS) is 10.6. The van der Waals surface area contributed by atoms with Crippen molar-refractivity contribution in [3.8, 4) is 0 Å². The molecule has 2 rings (SSSR count). The quantitative estimate of drug-likeness (QED) is 0.659. The number of halogens is 1. The standard InChI is InChI=1S/C16H14ClNO/c17-12-14-7-4-8-15(11-14)18-16(19)10-9-13-5-2-1-3-6-13/h1-11H,12H2,(H,18,19)/b10-9+. The Morgan fingerprint density at radius 1 is 1.11 bits per heavy atom. The molecule has 0 atom stereocenters. The fraction of sp³-hybridized carbons (Fsp3) is 0.0625. The summed E-state index contributed by atoms with van der Waals surface area (Å²) in [5, 5.41) is 2.80. The minimum atomic E-state index is -0.157. The van der Waals surface area contributed by atoms with Crippen LogP contribution in [0, 0.1) is 0 Å². The number of anilines is 1. The van der Waals surface area contributed by atoms with Gasteiger partial charge < -0.3 is 5.32 Å². The average Bonchev–Trinajstić information content (AvgIpc) is 2.46. The second-order valence-electron chi connectivity index (χ2n) is 4.07. The van der Waals surface area contributed by atoms with E-state index >= 15 is 0 Å². The highest BCUT2D eigenvalue weighted by Gasteiger charge is 1.98. The Morgan fingerprint density at radius 2 is 1.89 bits per heavy atom. The molecule has 0 radical (unpaired) electrons. The maximum absolute atomic E-state index is 11.8. The SMILES string of the molecule is O=C(/C=C/c1ccccc1)Nc1cccc(CCl)c1. The van der Waals surface area contributed by atoms with E-state index < -0.39 is 0 Å². The van der Waals surface area contributed by atoms with Crippen LogP contribution in [0.3, 0.4) is 0 Å². The van der Waals surface area contributed by atoms with Crippen LogP contribution in [0.15, 0.2) is 60.7 Å². The van der Waals surface area contributed by atoms with Gasteiger partial charge in [-0.3, -0.25) is 4.79 Å². The maximum Gasteiger partial charge on any atom is 0.248 e. The molecule has 0 saturated heterocycles. The van der Waals surface area contributed by atoms with Crippen molar-refractivity contribution in [1.29, 1.82) is 0 Å². The molecule has 0 aromatic heterocycles. The molecule has 1 amide bonds. The zero-order valence-corrected chi connectivity index (χ0v) is 11.1. The summed E-state index contributed by atoms with van der Waals surface area (Å²) in [6.07, 6.45) is 3.30. The lowest BCUT2D eigenvalue weighted by molar-refractivity contribution is -0.111. The fourth-order valence-electron chi connectivity index (χ4n) is 1.65. The number of carbonyl (C=O) groups excluding carboxylic acids is 1. The summed E-state index contributed by atoms with van der Waals surface area (Å²) in [5.74, 6) is 0.277. The second kappa shape index (κ2) is 6.76. The Labute approximate surface area is 117 Å². The first-order chi connectivity index (χ1) is 9.28. The van der Waals surface area contributed by atoms with Crippen molar-refractivity contribution in [2.24, 2.45) is 0 Å². The van der Waals surface area contributed by atoms with E-state index in [0.29, 0.717) is 5.88 Å². The van der Waals surface area contributed by atoms with Gasteiger partial charge in [-0.1, -0.05) is 42.5 Å². The average molecular weight is 272 g/mol. The van der Waals surface area contributed by atoms with E-state index in [1.165, 1.54) is 6.08 Å². The van der Waals surface area contributed by atoms with Gasteiger partial charge in [-0.15, -0.1) is 11.6 Å². The molecule has 0 aliphatic heterocycles. The molecule has 0 aliphatic rings. The lowest BCUT2D eigenvalue weighted by Crippen LogP contribution is -2.07. The molecule has 1 N–H and O–H groups in total. The molecule has 0 saturated carbocycles. The first-order valence-corrected chi connectivity index (χ1v) is 6.50. The van der Waals surface area contributed by atoms with Crippen LogP contribution in [-0.2, 0) is 10.7 Å².